The van der Waals surface area contributed by atoms with E-state index in [0.29, 0.717) is 0 Å². The number of aromatic nitrogens is 1. The Morgan fingerprint density at radius 2 is 1.85 bits per heavy atom. The first-order chi connectivity index (χ1) is 9.74. The molecule has 0 amide bonds. The molecule has 0 fully saturated rings. The summed E-state index contributed by atoms with van der Waals surface area (Å²) in [5, 5.41) is 4.71. The van der Waals surface area contributed by atoms with Crippen LogP contribution in [-0.4, -0.2) is 4.98 Å². The number of aromatic amines is 1. The Morgan fingerprint density at radius 1 is 1.10 bits per heavy atom. The smallest absolute Gasteiger partial charge is 0.123 e. The van der Waals surface area contributed by atoms with Crippen molar-refractivity contribution in [2.75, 3.05) is 0 Å². The lowest BCUT2D eigenvalue weighted by atomic mass is 10.1. The lowest BCUT2D eigenvalue weighted by molar-refractivity contribution is 0.572. The van der Waals surface area contributed by atoms with Gasteiger partial charge in [0.2, 0.25) is 0 Å². The van der Waals surface area contributed by atoms with Crippen LogP contribution in [0, 0.1) is 5.82 Å². The molecule has 1 heterocycles. The van der Waals surface area contributed by atoms with Gasteiger partial charge in [-0.2, -0.15) is 0 Å². The molecule has 2 aromatic carbocycles. The highest BCUT2D eigenvalue weighted by Gasteiger charge is 2.07. The molecule has 3 heteroatoms. The van der Waals surface area contributed by atoms with Crippen LogP contribution in [0.1, 0.15) is 24.1 Å². The van der Waals surface area contributed by atoms with Crippen LogP contribution >= 0.6 is 0 Å². The minimum absolute atomic E-state index is 0.185. The topological polar surface area (TPSA) is 27.8 Å². The fraction of sp³-hybridized carbons (Fsp3) is 0.176. The monoisotopic (exact) mass is 268 g/mol. The Bertz CT molecular complexity index is 700. The van der Waals surface area contributed by atoms with Crippen LogP contribution in [0.3, 0.4) is 0 Å². The van der Waals surface area contributed by atoms with E-state index < -0.39 is 0 Å². The molecule has 1 atom stereocenters. The van der Waals surface area contributed by atoms with Gasteiger partial charge in [-0.1, -0.05) is 30.3 Å². The number of hydrogen-bond acceptors (Lipinski definition) is 1. The Hall–Kier alpha value is -2.13. The third-order valence-electron chi connectivity index (χ3n) is 3.64. The van der Waals surface area contributed by atoms with Crippen molar-refractivity contribution in [3.8, 4) is 0 Å². The van der Waals surface area contributed by atoms with Gasteiger partial charge in [0.15, 0.2) is 0 Å². The van der Waals surface area contributed by atoms with Gasteiger partial charge >= 0.3 is 0 Å². The van der Waals surface area contributed by atoms with Crippen molar-refractivity contribution in [2.24, 2.45) is 0 Å². The zero-order valence-electron chi connectivity index (χ0n) is 11.4. The van der Waals surface area contributed by atoms with Crippen LogP contribution in [0.25, 0.3) is 10.9 Å². The van der Waals surface area contributed by atoms with Gasteiger partial charge in [0, 0.05) is 29.7 Å². The molecule has 0 aliphatic heterocycles. The van der Waals surface area contributed by atoms with E-state index in [9.17, 15) is 4.39 Å². The molecule has 3 rings (SSSR count). The number of rotatable bonds is 4. The summed E-state index contributed by atoms with van der Waals surface area (Å²) in [5.74, 6) is -0.197. The maximum Gasteiger partial charge on any atom is 0.123 e. The summed E-state index contributed by atoms with van der Waals surface area (Å²) in [6, 6.07) is 15.1. The van der Waals surface area contributed by atoms with Gasteiger partial charge in [0.05, 0.1) is 0 Å². The minimum Gasteiger partial charge on any atom is -0.361 e. The summed E-state index contributed by atoms with van der Waals surface area (Å²) >= 11 is 0. The average Bonchev–Trinajstić information content (AvgIpc) is 2.89. The number of fused-ring (bicyclic) bond motifs is 1. The zero-order chi connectivity index (χ0) is 13.9. The predicted molar refractivity (Wildman–Crippen MR) is 80.0 cm³/mol. The number of halogens is 1. The van der Waals surface area contributed by atoms with Crippen LogP contribution in [0.5, 0.6) is 0 Å². The summed E-state index contributed by atoms with van der Waals surface area (Å²) < 4.78 is 12.9. The predicted octanol–water partition coefficient (Wildman–Crippen LogP) is 4.16. The van der Waals surface area contributed by atoms with E-state index in [1.807, 2.05) is 30.5 Å². The molecule has 0 bridgehead atoms. The Labute approximate surface area is 117 Å². The molecule has 0 aliphatic carbocycles. The highest BCUT2D eigenvalue weighted by Crippen LogP contribution is 2.19. The van der Waals surface area contributed by atoms with Crippen molar-refractivity contribution in [2.45, 2.75) is 19.5 Å². The van der Waals surface area contributed by atoms with Crippen LogP contribution in [-0.2, 0) is 6.54 Å². The van der Waals surface area contributed by atoms with Crippen molar-refractivity contribution < 1.29 is 4.39 Å². The molecule has 2 nitrogen and oxygen atoms in total. The lowest BCUT2D eigenvalue weighted by Crippen LogP contribution is -2.17. The summed E-state index contributed by atoms with van der Waals surface area (Å²) in [6.45, 7) is 2.87. The van der Waals surface area contributed by atoms with Gasteiger partial charge in [0.25, 0.3) is 0 Å². The number of nitrogens with one attached hydrogen (secondary N) is 2. The molecule has 0 unspecified atom stereocenters. The molecule has 0 aliphatic rings. The number of benzene rings is 2. The maximum absolute atomic E-state index is 12.9. The lowest BCUT2D eigenvalue weighted by Gasteiger charge is -2.14. The van der Waals surface area contributed by atoms with Gasteiger partial charge in [0.1, 0.15) is 5.82 Å². The second-order valence-corrected chi connectivity index (χ2v) is 5.01. The van der Waals surface area contributed by atoms with E-state index in [4.69, 9.17) is 0 Å². The number of para-hydroxylation sites is 1. The van der Waals surface area contributed by atoms with Crippen LogP contribution in [0.4, 0.5) is 4.39 Å². The standard InChI is InChI=1S/C17H17FN2/c1-12(13-6-8-15(18)9-7-13)19-10-14-11-20-17-5-3-2-4-16(14)17/h2-9,11-12,19-20H,10H2,1H3/t12-/m1/s1. The summed E-state index contributed by atoms with van der Waals surface area (Å²) in [6.07, 6.45) is 2.04. The molecular weight excluding hydrogens is 251 g/mol. The molecule has 0 radical (unpaired) electrons. The van der Waals surface area contributed by atoms with Crippen LogP contribution in [0.15, 0.2) is 54.7 Å². The SMILES string of the molecule is C[C@@H](NCc1c[nH]c2ccccc12)c1ccc(F)cc1. The molecule has 102 valence electrons. The normalized spacial score (nSPS) is 12.7. The van der Waals surface area contributed by atoms with E-state index in [1.54, 1.807) is 0 Å². The van der Waals surface area contributed by atoms with Crippen molar-refractivity contribution in [1.29, 1.82) is 0 Å². The molecule has 2 N–H and O–H groups in total. The first-order valence-corrected chi connectivity index (χ1v) is 6.78. The van der Waals surface area contributed by atoms with E-state index >= 15 is 0 Å². The molecule has 1 aromatic heterocycles. The second-order valence-electron chi connectivity index (χ2n) is 5.01. The van der Waals surface area contributed by atoms with Crippen molar-refractivity contribution in [1.82, 2.24) is 10.3 Å². The molecule has 0 saturated carbocycles. The minimum atomic E-state index is -0.197. The van der Waals surface area contributed by atoms with Crippen molar-refractivity contribution >= 4 is 10.9 Å². The molecule has 0 saturated heterocycles. The summed E-state index contributed by atoms with van der Waals surface area (Å²) in [7, 11) is 0. The van der Waals surface area contributed by atoms with Crippen LogP contribution in [0.2, 0.25) is 0 Å². The third kappa shape index (κ3) is 2.58. The zero-order valence-corrected chi connectivity index (χ0v) is 11.4. The van der Waals surface area contributed by atoms with Gasteiger partial charge < -0.3 is 10.3 Å². The first-order valence-electron chi connectivity index (χ1n) is 6.78. The summed E-state index contributed by atoms with van der Waals surface area (Å²) in [5.41, 5.74) is 3.49. The fourth-order valence-corrected chi connectivity index (χ4v) is 2.41. The van der Waals surface area contributed by atoms with Crippen LogP contribution < -0.4 is 5.32 Å². The third-order valence-corrected chi connectivity index (χ3v) is 3.64. The van der Waals surface area contributed by atoms with Crippen molar-refractivity contribution in [3.63, 3.8) is 0 Å². The molecule has 3 aromatic rings. The number of H-pyrrole nitrogens is 1. The van der Waals surface area contributed by atoms with Gasteiger partial charge in [-0.25, -0.2) is 4.39 Å². The Balaban J connectivity index is 1.71. The van der Waals surface area contributed by atoms with Gasteiger partial charge in [-0.15, -0.1) is 0 Å². The highest BCUT2D eigenvalue weighted by molar-refractivity contribution is 5.82. The first kappa shape index (κ1) is 12.9. The Morgan fingerprint density at radius 3 is 2.65 bits per heavy atom. The average molecular weight is 268 g/mol. The fourth-order valence-electron chi connectivity index (χ4n) is 2.41. The van der Waals surface area contributed by atoms with Gasteiger partial charge in [-0.05, 0) is 36.2 Å². The Kier molecular flexibility index (Phi) is 3.52. The summed E-state index contributed by atoms with van der Waals surface area (Å²) in [4.78, 5) is 3.27. The van der Waals surface area contributed by atoms with Crippen molar-refractivity contribution in [3.05, 3.63) is 71.7 Å². The second kappa shape index (κ2) is 5.47. The molecular formula is C17H17FN2. The maximum atomic E-state index is 12.9. The largest absolute Gasteiger partial charge is 0.361 e. The van der Waals surface area contributed by atoms with E-state index in [1.165, 1.54) is 23.1 Å². The van der Waals surface area contributed by atoms with E-state index in [-0.39, 0.29) is 11.9 Å². The molecule has 20 heavy (non-hydrogen) atoms. The highest BCUT2D eigenvalue weighted by atomic mass is 19.1. The van der Waals surface area contributed by atoms with Gasteiger partial charge in [-0.3, -0.25) is 0 Å². The quantitative estimate of drug-likeness (QED) is 0.730. The van der Waals surface area contributed by atoms with E-state index in [0.717, 1.165) is 17.6 Å². The van der Waals surface area contributed by atoms with E-state index in [2.05, 4.69) is 29.4 Å². The number of hydrogen-bond donors (Lipinski definition) is 2. The molecule has 0 spiro atoms.